The van der Waals surface area contributed by atoms with Crippen LogP contribution in [0.5, 0.6) is 5.75 Å². The minimum Gasteiger partial charge on any atom is -0.497 e. The molecule has 0 N–H and O–H groups in total. The van der Waals surface area contributed by atoms with Crippen LogP contribution in [0.3, 0.4) is 0 Å². The largest absolute Gasteiger partial charge is 0.497 e. The third-order valence-electron chi connectivity index (χ3n) is 3.95. The third kappa shape index (κ3) is 5.09. The molecule has 3 aromatic rings. The molecule has 4 nitrogen and oxygen atoms in total. The standard InChI is InChI=1S/C22H18ClNO3S/c1-27-20-12-14-21(15-13-20)28(25,26)24-22(18-8-10-19(23)11-9-18)16-7-17-5-3-2-4-6-17/h2-16H,1H3/b16-7+,24-22-. The number of methoxy groups -OCH3 is 1. The van der Waals surface area contributed by atoms with Crippen LogP contribution in [0.1, 0.15) is 11.1 Å². The van der Waals surface area contributed by atoms with Gasteiger partial charge in [-0.15, -0.1) is 0 Å². The molecular formula is C22H18ClNO3S. The Kier molecular flexibility index (Phi) is 6.29. The van der Waals surface area contributed by atoms with Crippen molar-refractivity contribution in [2.24, 2.45) is 4.40 Å². The summed E-state index contributed by atoms with van der Waals surface area (Å²) in [5.74, 6) is 0.574. The zero-order valence-electron chi connectivity index (χ0n) is 15.1. The lowest BCUT2D eigenvalue weighted by Crippen LogP contribution is -2.04. The molecule has 0 unspecified atom stereocenters. The molecule has 0 aliphatic carbocycles. The van der Waals surface area contributed by atoms with E-state index in [0.717, 1.165) is 5.56 Å². The van der Waals surface area contributed by atoms with E-state index in [-0.39, 0.29) is 4.90 Å². The fourth-order valence-electron chi connectivity index (χ4n) is 2.47. The number of hydrogen-bond acceptors (Lipinski definition) is 3. The molecule has 0 bridgehead atoms. The van der Waals surface area contributed by atoms with E-state index in [1.807, 2.05) is 36.4 Å². The van der Waals surface area contributed by atoms with E-state index in [2.05, 4.69) is 4.40 Å². The second-order valence-corrected chi connectivity index (χ2v) is 7.92. The third-order valence-corrected chi connectivity index (χ3v) is 5.51. The molecule has 0 heterocycles. The molecule has 28 heavy (non-hydrogen) atoms. The number of ether oxygens (including phenoxy) is 1. The summed E-state index contributed by atoms with van der Waals surface area (Å²) in [6.07, 6.45) is 3.50. The summed E-state index contributed by atoms with van der Waals surface area (Å²) in [5, 5.41) is 0.563. The molecule has 0 amide bonds. The summed E-state index contributed by atoms with van der Waals surface area (Å²) >= 11 is 5.96. The van der Waals surface area contributed by atoms with Crippen LogP contribution in [0.25, 0.3) is 6.08 Å². The molecule has 0 saturated carbocycles. The van der Waals surface area contributed by atoms with Crippen LogP contribution < -0.4 is 4.74 Å². The van der Waals surface area contributed by atoms with E-state index in [1.165, 1.54) is 19.2 Å². The molecule has 0 spiro atoms. The second-order valence-electron chi connectivity index (χ2n) is 5.88. The van der Waals surface area contributed by atoms with E-state index < -0.39 is 10.0 Å². The summed E-state index contributed by atoms with van der Waals surface area (Å²) in [6, 6.07) is 22.6. The van der Waals surface area contributed by atoms with E-state index in [9.17, 15) is 8.42 Å². The summed E-state index contributed by atoms with van der Waals surface area (Å²) in [6.45, 7) is 0. The van der Waals surface area contributed by atoms with Crippen molar-refractivity contribution in [2.75, 3.05) is 7.11 Å². The number of hydrogen-bond donors (Lipinski definition) is 0. The van der Waals surface area contributed by atoms with Crippen LogP contribution in [0.4, 0.5) is 0 Å². The van der Waals surface area contributed by atoms with Crippen molar-refractivity contribution >= 4 is 33.4 Å². The number of benzene rings is 3. The van der Waals surface area contributed by atoms with Crippen molar-refractivity contribution in [3.05, 3.63) is 101 Å². The molecule has 3 aromatic carbocycles. The fourth-order valence-corrected chi connectivity index (χ4v) is 3.61. The van der Waals surface area contributed by atoms with Gasteiger partial charge in [-0.05, 0) is 48.0 Å². The maximum absolute atomic E-state index is 12.8. The lowest BCUT2D eigenvalue weighted by atomic mass is 10.1. The predicted molar refractivity (Wildman–Crippen MR) is 114 cm³/mol. The van der Waals surface area contributed by atoms with Gasteiger partial charge >= 0.3 is 0 Å². The van der Waals surface area contributed by atoms with E-state index >= 15 is 0 Å². The average Bonchev–Trinajstić information content (AvgIpc) is 2.72. The Hall–Kier alpha value is -2.89. The van der Waals surface area contributed by atoms with Crippen LogP contribution in [0, 0.1) is 0 Å². The van der Waals surface area contributed by atoms with Gasteiger partial charge in [-0.3, -0.25) is 0 Å². The molecular weight excluding hydrogens is 394 g/mol. The highest BCUT2D eigenvalue weighted by Crippen LogP contribution is 2.19. The number of halogens is 1. The van der Waals surface area contributed by atoms with Crippen molar-refractivity contribution in [2.45, 2.75) is 4.90 Å². The molecule has 0 radical (unpaired) electrons. The van der Waals surface area contributed by atoms with Gasteiger partial charge < -0.3 is 4.74 Å². The number of allylic oxidation sites excluding steroid dienone is 1. The molecule has 0 aliphatic heterocycles. The molecule has 0 saturated heterocycles. The molecule has 142 valence electrons. The van der Waals surface area contributed by atoms with Gasteiger partial charge in [-0.25, -0.2) is 0 Å². The quantitative estimate of drug-likeness (QED) is 0.521. The highest BCUT2D eigenvalue weighted by Gasteiger charge is 2.14. The van der Waals surface area contributed by atoms with Gasteiger partial charge in [0, 0.05) is 10.6 Å². The van der Waals surface area contributed by atoms with Gasteiger partial charge in [0.1, 0.15) is 5.75 Å². The molecule has 0 aromatic heterocycles. The maximum atomic E-state index is 12.8. The van der Waals surface area contributed by atoms with Crippen LogP contribution in [0.15, 0.2) is 94.2 Å². The summed E-state index contributed by atoms with van der Waals surface area (Å²) in [5.41, 5.74) is 1.90. The van der Waals surface area contributed by atoms with Gasteiger partial charge in [0.05, 0.1) is 17.7 Å². The molecule has 6 heteroatoms. The highest BCUT2D eigenvalue weighted by molar-refractivity contribution is 7.90. The first kappa shape index (κ1) is 19.9. The molecule has 3 rings (SSSR count). The zero-order chi connectivity index (χ0) is 20.0. The predicted octanol–water partition coefficient (Wildman–Crippen LogP) is 5.24. The monoisotopic (exact) mass is 411 g/mol. The topological polar surface area (TPSA) is 55.7 Å². The first-order valence-corrected chi connectivity index (χ1v) is 10.3. The Morgan fingerprint density at radius 2 is 1.57 bits per heavy atom. The Morgan fingerprint density at radius 1 is 0.929 bits per heavy atom. The Labute approximate surface area is 169 Å². The van der Waals surface area contributed by atoms with E-state index in [0.29, 0.717) is 22.0 Å². The summed E-state index contributed by atoms with van der Waals surface area (Å²) in [4.78, 5) is 0.0906. The molecule has 0 fully saturated rings. The lowest BCUT2D eigenvalue weighted by molar-refractivity contribution is 0.414. The van der Waals surface area contributed by atoms with E-state index in [1.54, 1.807) is 42.5 Å². The average molecular weight is 412 g/mol. The van der Waals surface area contributed by atoms with E-state index in [4.69, 9.17) is 16.3 Å². The van der Waals surface area contributed by atoms with Gasteiger partial charge in [0.2, 0.25) is 0 Å². The first-order chi connectivity index (χ1) is 13.5. The van der Waals surface area contributed by atoms with Gasteiger partial charge in [0.25, 0.3) is 10.0 Å². The SMILES string of the molecule is COc1ccc(S(=O)(=O)/N=C(/C=C/c2ccccc2)c2ccc(Cl)cc2)cc1. The van der Waals surface area contributed by atoms with Gasteiger partial charge in [0.15, 0.2) is 0 Å². The Morgan fingerprint density at radius 3 is 2.18 bits per heavy atom. The number of sulfonamides is 1. The normalized spacial score (nSPS) is 12.3. The Bertz CT molecular complexity index is 1090. The molecule has 0 aliphatic rings. The second kappa shape index (κ2) is 8.87. The minimum absolute atomic E-state index is 0.0906. The number of rotatable bonds is 6. The van der Waals surface area contributed by atoms with Crippen LogP contribution >= 0.6 is 11.6 Å². The van der Waals surface area contributed by atoms with Crippen molar-refractivity contribution in [3.63, 3.8) is 0 Å². The number of nitrogens with zero attached hydrogens (tertiary/aromatic N) is 1. The van der Waals surface area contributed by atoms with Crippen molar-refractivity contribution < 1.29 is 13.2 Å². The van der Waals surface area contributed by atoms with Crippen molar-refractivity contribution in [3.8, 4) is 5.75 Å². The zero-order valence-corrected chi connectivity index (χ0v) is 16.7. The smallest absolute Gasteiger partial charge is 0.282 e. The molecule has 0 atom stereocenters. The summed E-state index contributed by atoms with van der Waals surface area (Å²) < 4.78 is 34.8. The van der Waals surface area contributed by atoms with Crippen LogP contribution in [0.2, 0.25) is 5.02 Å². The van der Waals surface area contributed by atoms with Gasteiger partial charge in [-0.1, -0.05) is 60.1 Å². The van der Waals surface area contributed by atoms with Crippen molar-refractivity contribution in [1.82, 2.24) is 0 Å². The van der Waals surface area contributed by atoms with Crippen LogP contribution in [-0.2, 0) is 10.0 Å². The highest BCUT2D eigenvalue weighted by atomic mass is 35.5. The van der Waals surface area contributed by atoms with Crippen LogP contribution in [-0.4, -0.2) is 21.2 Å². The summed E-state index contributed by atoms with van der Waals surface area (Å²) in [7, 11) is -2.38. The minimum atomic E-state index is -3.90. The fraction of sp³-hybridized carbons (Fsp3) is 0.0455. The van der Waals surface area contributed by atoms with Crippen molar-refractivity contribution in [1.29, 1.82) is 0 Å². The van der Waals surface area contributed by atoms with Gasteiger partial charge in [-0.2, -0.15) is 12.8 Å². The maximum Gasteiger partial charge on any atom is 0.282 e. The Balaban J connectivity index is 2.03. The first-order valence-electron chi connectivity index (χ1n) is 8.46. The lowest BCUT2D eigenvalue weighted by Gasteiger charge is -2.05.